The number of aromatic nitrogens is 2. The molecule has 0 radical (unpaired) electrons. The van der Waals surface area contributed by atoms with E-state index in [9.17, 15) is 9.59 Å². The van der Waals surface area contributed by atoms with Crippen LogP contribution < -0.4 is 10.6 Å². The molecule has 4 heterocycles. The molecule has 2 aliphatic heterocycles. The first kappa shape index (κ1) is 23.7. The van der Waals surface area contributed by atoms with Crippen LogP contribution in [-0.2, 0) is 29.0 Å². The highest BCUT2D eigenvalue weighted by Crippen LogP contribution is 2.27. The topological polar surface area (TPSA) is 96.3 Å². The summed E-state index contributed by atoms with van der Waals surface area (Å²) in [4.78, 5) is 39.6. The van der Waals surface area contributed by atoms with Crippen molar-refractivity contribution >= 4 is 23.2 Å². The van der Waals surface area contributed by atoms with Gasteiger partial charge in [0, 0.05) is 54.8 Å². The van der Waals surface area contributed by atoms with E-state index in [0.29, 0.717) is 37.3 Å². The molecular formula is C31H27N5O2. The van der Waals surface area contributed by atoms with Crippen molar-refractivity contribution in [3.63, 3.8) is 0 Å². The molecule has 2 aromatic carbocycles. The molecule has 0 aliphatic carbocycles. The van der Waals surface area contributed by atoms with Crippen LogP contribution >= 0.6 is 0 Å². The van der Waals surface area contributed by atoms with E-state index in [-0.39, 0.29) is 11.8 Å². The van der Waals surface area contributed by atoms with E-state index in [2.05, 4.69) is 43.8 Å². The van der Waals surface area contributed by atoms with Crippen molar-refractivity contribution in [3.05, 3.63) is 102 Å². The summed E-state index contributed by atoms with van der Waals surface area (Å²) in [7, 11) is 0. The summed E-state index contributed by atoms with van der Waals surface area (Å²) in [6.07, 6.45) is 9.74. The predicted molar refractivity (Wildman–Crippen MR) is 148 cm³/mol. The maximum absolute atomic E-state index is 13.5. The van der Waals surface area contributed by atoms with Gasteiger partial charge in [-0.05, 0) is 65.3 Å². The minimum absolute atomic E-state index is 0.00697. The molecule has 2 aromatic heterocycles. The van der Waals surface area contributed by atoms with E-state index in [4.69, 9.17) is 0 Å². The number of hydrogen-bond acceptors (Lipinski definition) is 5. The summed E-state index contributed by atoms with van der Waals surface area (Å²) in [5.41, 5.74) is 8.68. The van der Waals surface area contributed by atoms with Crippen LogP contribution in [-0.4, -0.2) is 34.0 Å². The highest BCUT2D eigenvalue weighted by molar-refractivity contribution is 6.49. The Hall–Kier alpha value is -4.65. The number of nitrogens with one attached hydrogen (secondary N) is 2. The molecule has 4 aromatic rings. The summed E-state index contributed by atoms with van der Waals surface area (Å²) >= 11 is 0. The van der Waals surface area contributed by atoms with Gasteiger partial charge in [-0.25, -0.2) is 0 Å². The number of anilines is 1. The molecule has 0 saturated heterocycles. The molecule has 2 amide bonds. The van der Waals surface area contributed by atoms with Gasteiger partial charge in [0.2, 0.25) is 5.91 Å². The van der Waals surface area contributed by atoms with Crippen LogP contribution in [0.2, 0.25) is 0 Å². The Morgan fingerprint density at radius 3 is 2.45 bits per heavy atom. The number of carbonyl (C=O) groups excluding carboxylic acids is 2. The summed E-state index contributed by atoms with van der Waals surface area (Å²) in [6.45, 7) is 0.993. The number of hydrogen-bond donors (Lipinski definition) is 2. The van der Waals surface area contributed by atoms with Crippen molar-refractivity contribution in [2.24, 2.45) is 4.99 Å². The molecule has 6 rings (SSSR count). The summed E-state index contributed by atoms with van der Waals surface area (Å²) < 4.78 is 0. The van der Waals surface area contributed by atoms with Gasteiger partial charge in [-0.1, -0.05) is 36.4 Å². The molecule has 0 unspecified atom stereocenters. The highest BCUT2D eigenvalue weighted by atomic mass is 16.2. The molecular weight excluding hydrogens is 474 g/mol. The molecule has 0 fully saturated rings. The Bertz CT molecular complexity index is 1580. The molecule has 188 valence electrons. The van der Waals surface area contributed by atoms with Crippen LogP contribution in [0.4, 0.5) is 5.69 Å². The van der Waals surface area contributed by atoms with Crippen LogP contribution in [0.1, 0.15) is 35.1 Å². The van der Waals surface area contributed by atoms with Gasteiger partial charge in [-0.15, -0.1) is 0 Å². The number of benzene rings is 2. The summed E-state index contributed by atoms with van der Waals surface area (Å²) in [5.74, 6) is -0.255. The van der Waals surface area contributed by atoms with Crippen LogP contribution in [0, 0.1) is 0 Å². The molecule has 2 aliphatic rings. The monoisotopic (exact) mass is 501 g/mol. The van der Waals surface area contributed by atoms with Crippen molar-refractivity contribution in [3.8, 4) is 22.3 Å². The van der Waals surface area contributed by atoms with Gasteiger partial charge in [0.15, 0.2) is 0 Å². The maximum atomic E-state index is 13.5. The number of amides is 2. The quantitative estimate of drug-likeness (QED) is 0.364. The van der Waals surface area contributed by atoms with Crippen LogP contribution in [0.15, 0.2) is 84.4 Å². The molecule has 2 N–H and O–H groups in total. The number of aliphatic imine (C=N–C) groups is 1. The van der Waals surface area contributed by atoms with E-state index in [1.807, 2.05) is 36.4 Å². The largest absolute Gasteiger partial charge is 0.352 e. The zero-order valence-electron chi connectivity index (χ0n) is 20.9. The highest BCUT2D eigenvalue weighted by Gasteiger charge is 2.21. The lowest BCUT2D eigenvalue weighted by atomic mass is 9.94. The number of pyridine rings is 2. The molecule has 8 bridgehead atoms. The fourth-order valence-corrected chi connectivity index (χ4v) is 4.99. The lowest BCUT2D eigenvalue weighted by Crippen LogP contribution is -2.25. The number of aryl methyl sites for hydroxylation is 2. The lowest BCUT2D eigenvalue weighted by molar-refractivity contribution is -0.121. The van der Waals surface area contributed by atoms with E-state index in [1.165, 1.54) is 0 Å². The third-order valence-corrected chi connectivity index (χ3v) is 6.97. The van der Waals surface area contributed by atoms with E-state index in [1.54, 1.807) is 24.8 Å². The Labute approximate surface area is 221 Å². The molecule has 38 heavy (non-hydrogen) atoms. The Kier molecular flexibility index (Phi) is 6.48. The number of nitrogens with zero attached hydrogens (tertiary/aromatic N) is 3. The van der Waals surface area contributed by atoms with Crippen LogP contribution in [0.25, 0.3) is 22.3 Å². The number of fused-ring (bicyclic) bond motifs is 9. The van der Waals surface area contributed by atoms with Crippen LogP contribution in [0.5, 0.6) is 0 Å². The van der Waals surface area contributed by atoms with Gasteiger partial charge >= 0.3 is 0 Å². The van der Waals surface area contributed by atoms with Crippen molar-refractivity contribution in [2.75, 3.05) is 11.9 Å². The van der Waals surface area contributed by atoms with Gasteiger partial charge < -0.3 is 10.6 Å². The fraction of sp³-hybridized carbons (Fsp3) is 0.194. The van der Waals surface area contributed by atoms with Gasteiger partial charge in [0.1, 0.15) is 5.71 Å². The van der Waals surface area contributed by atoms with E-state index in [0.717, 1.165) is 57.3 Å². The summed E-state index contributed by atoms with van der Waals surface area (Å²) in [5, 5.41) is 6.05. The Morgan fingerprint density at radius 1 is 0.711 bits per heavy atom. The molecule has 0 saturated carbocycles. The SMILES string of the molecule is O=C1CCc2cccc(c2)-c2cncc(c2)NC(=O)C2=NCCCc3ccc(cc32)-c2cncc(c2)CN1. The predicted octanol–water partition coefficient (Wildman–Crippen LogP) is 4.75. The third kappa shape index (κ3) is 5.09. The average molecular weight is 502 g/mol. The van der Waals surface area contributed by atoms with Crippen molar-refractivity contribution in [2.45, 2.75) is 32.2 Å². The zero-order chi connectivity index (χ0) is 25.9. The molecule has 0 spiro atoms. The second kappa shape index (κ2) is 10.4. The first-order valence-corrected chi connectivity index (χ1v) is 12.9. The Balaban J connectivity index is 1.43. The molecule has 7 heteroatoms. The van der Waals surface area contributed by atoms with Gasteiger partial charge in [0.05, 0.1) is 11.9 Å². The smallest absolute Gasteiger partial charge is 0.274 e. The van der Waals surface area contributed by atoms with Crippen molar-refractivity contribution in [1.82, 2.24) is 15.3 Å². The second-order valence-corrected chi connectivity index (χ2v) is 9.68. The van der Waals surface area contributed by atoms with Gasteiger partial charge in [-0.2, -0.15) is 0 Å². The van der Waals surface area contributed by atoms with Crippen LogP contribution in [0.3, 0.4) is 0 Å². The lowest BCUT2D eigenvalue weighted by Gasteiger charge is -2.14. The van der Waals surface area contributed by atoms with Gasteiger partial charge in [0.25, 0.3) is 5.91 Å². The molecule has 0 atom stereocenters. The maximum Gasteiger partial charge on any atom is 0.274 e. The van der Waals surface area contributed by atoms with Crippen molar-refractivity contribution in [1.29, 1.82) is 0 Å². The molecule has 7 nitrogen and oxygen atoms in total. The Morgan fingerprint density at radius 2 is 1.53 bits per heavy atom. The standard InChI is InChI=1S/C31H27N5O2/c37-29-9-6-20-3-1-4-23(11-20)26-13-27(19-33-18-26)36-31(38)30-28-14-24(8-7-22(28)5-2-10-34-30)25-12-21(16-35-29)15-32-17-25/h1,3-4,7-8,11-15,17-19H,2,5-6,9-10,16H2,(H,35,37)(H,36,38). The minimum atomic E-state index is -0.248. The number of rotatable bonds is 0. The van der Waals surface area contributed by atoms with Crippen molar-refractivity contribution < 1.29 is 9.59 Å². The first-order chi connectivity index (χ1) is 18.6. The fourth-order valence-electron chi connectivity index (χ4n) is 4.99. The number of carbonyl (C=O) groups is 2. The zero-order valence-corrected chi connectivity index (χ0v) is 20.9. The third-order valence-electron chi connectivity index (χ3n) is 6.97. The van der Waals surface area contributed by atoms with E-state index < -0.39 is 0 Å². The van der Waals surface area contributed by atoms with E-state index >= 15 is 0 Å². The summed E-state index contributed by atoms with van der Waals surface area (Å²) in [6, 6.07) is 18.2. The van der Waals surface area contributed by atoms with Gasteiger partial charge in [-0.3, -0.25) is 24.5 Å². The average Bonchev–Trinajstić information content (AvgIpc) is 3.17. The first-order valence-electron chi connectivity index (χ1n) is 12.9. The second-order valence-electron chi connectivity index (χ2n) is 9.68. The normalized spacial score (nSPS) is 15.4. The minimum Gasteiger partial charge on any atom is -0.352 e.